The highest BCUT2D eigenvalue weighted by atomic mass is 35.5. The molecule has 0 spiro atoms. The summed E-state index contributed by atoms with van der Waals surface area (Å²) in [4.78, 5) is 3.14. The molecule has 0 aliphatic carbocycles. The van der Waals surface area contributed by atoms with Gasteiger partial charge in [-0.15, -0.1) is 0 Å². The molecule has 0 unspecified atom stereocenters. The summed E-state index contributed by atoms with van der Waals surface area (Å²) in [7, 11) is 1.93. The van der Waals surface area contributed by atoms with Crippen molar-refractivity contribution in [3.63, 3.8) is 0 Å². The van der Waals surface area contributed by atoms with E-state index in [0.29, 0.717) is 5.15 Å². The smallest absolute Gasteiger partial charge is 0.110 e. The first-order chi connectivity index (χ1) is 7.22. The largest absolute Gasteiger partial charge is 0.345 e. The molecule has 2 N–H and O–H groups in total. The Hall–Kier alpha value is -0.700. The van der Waals surface area contributed by atoms with Gasteiger partial charge in [0.2, 0.25) is 0 Å². The predicted molar refractivity (Wildman–Crippen MR) is 65.9 cm³/mol. The summed E-state index contributed by atoms with van der Waals surface area (Å²) in [6.07, 6.45) is 0.898. The summed E-state index contributed by atoms with van der Waals surface area (Å²) >= 11 is 12.1. The summed E-state index contributed by atoms with van der Waals surface area (Å²) in [5, 5.41) is 5.67. The highest BCUT2D eigenvalue weighted by Gasteiger charge is 2.09. The van der Waals surface area contributed by atoms with Crippen LogP contribution in [0, 0.1) is 0 Å². The van der Waals surface area contributed by atoms with Crippen molar-refractivity contribution in [2.75, 3.05) is 13.6 Å². The van der Waals surface area contributed by atoms with E-state index < -0.39 is 0 Å². The average Bonchev–Trinajstić information content (AvgIpc) is 2.51. The van der Waals surface area contributed by atoms with Crippen LogP contribution in [0.25, 0.3) is 10.9 Å². The van der Waals surface area contributed by atoms with Gasteiger partial charge in [-0.05, 0) is 43.8 Å². The fourth-order valence-corrected chi connectivity index (χ4v) is 2.15. The van der Waals surface area contributed by atoms with Gasteiger partial charge in [-0.3, -0.25) is 0 Å². The normalized spacial score (nSPS) is 11.1. The fraction of sp³-hybridized carbons (Fsp3) is 0.273. The molecule has 2 rings (SSSR count). The Balaban J connectivity index is 2.50. The maximum absolute atomic E-state index is 6.13. The first kappa shape index (κ1) is 10.8. The van der Waals surface area contributed by atoms with Crippen LogP contribution in [0.15, 0.2) is 18.2 Å². The van der Waals surface area contributed by atoms with E-state index in [2.05, 4.69) is 10.3 Å². The first-order valence-electron chi connectivity index (χ1n) is 4.82. The van der Waals surface area contributed by atoms with Gasteiger partial charge >= 0.3 is 0 Å². The van der Waals surface area contributed by atoms with Crippen LogP contribution >= 0.6 is 23.2 Å². The lowest BCUT2D eigenvalue weighted by Gasteiger charge is -1.99. The van der Waals surface area contributed by atoms with E-state index in [1.54, 1.807) is 0 Å². The molecule has 15 heavy (non-hydrogen) atoms. The molecule has 2 nitrogen and oxygen atoms in total. The van der Waals surface area contributed by atoms with Crippen molar-refractivity contribution in [2.45, 2.75) is 6.42 Å². The zero-order valence-corrected chi connectivity index (χ0v) is 9.91. The molecule has 1 aromatic heterocycles. The molecule has 0 saturated heterocycles. The monoisotopic (exact) mass is 242 g/mol. The van der Waals surface area contributed by atoms with Crippen LogP contribution in [-0.2, 0) is 6.42 Å². The molecule has 0 aliphatic rings. The second kappa shape index (κ2) is 4.44. The average molecular weight is 243 g/mol. The number of hydrogen-bond acceptors (Lipinski definition) is 1. The third-order valence-corrected chi connectivity index (χ3v) is 3.00. The molecule has 0 amide bonds. The van der Waals surface area contributed by atoms with Gasteiger partial charge in [0.25, 0.3) is 0 Å². The second-order valence-electron chi connectivity index (χ2n) is 3.46. The number of H-pyrrole nitrogens is 1. The van der Waals surface area contributed by atoms with Crippen molar-refractivity contribution in [3.05, 3.63) is 33.9 Å². The fourth-order valence-electron chi connectivity index (χ4n) is 1.68. The van der Waals surface area contributed by atoms with Crippen molar-refractivity contribution in [2.24, 2.45) is 0 Å². The van der Waals surface area contributed by atoms with Crippen LogP contribution in [0.3, 0.4) is 0 Å². The number of benzene rings is 1. The lowest BCUT2D eigenvalue weighted by Crippen LogP contribution is -2.10. The molecule has 0 aliphatic heterocycles. The quantitative estimate of drug-likeness (QED) is 0.850. The second-order valence-corrected chi connectivity index (χ2v) is 4.28. The molecule has 0 radical (unpaired) electrons. The van der Waals surface area contributed by atoms with Gasteiger partial charge in [0.1, 0.15) is 5.15 Å². The molecule has 1 heterocycles. The first-order valence-corrected chi connectivity index (χ1v) is 5.58. The maximum atomic E-state index is 6.13. The molecule has 4 heteroatoms. The van der Waals surface area contributed by atoms with E-state index in [1.807, 2.05) is 25.2 Å². The lowest BCUT2D eigenvalue weighted by molar-refractivity contribution is 0.795. The van der Waals surface area contributed by atoms with Gasteiger partial charge in [0.05, 0.1) is 0 Å². The van der Waals surface area contributed by atoms with Gasteiger partial charge in [0, 0.05) is 15.9 Å². The summed E-state index contributed by atoms with van der Waals surface area (Å²) in [5.41, 5.74) is 2.17. The number of likely N-dealkylation sites (N-methyl/N-ethyl adjacent to an activating group) is 1. The molecule has 0 fully saturated rings. The summed E-state index contributed by atoms with van der Waals surface area (Å²) in [6.45, 7) is 0.902. The molecule has 0 saturated carbocycles. The third-order valence-electron chi connectivity index (χ3n) is 2.44. The number of aromatic nitrogens is 1. The van der Waals surface area contributed by atoms with Crippen LogP contribution in [0.5, 0.6) is 0 Å². The zero-order chi connectivity index (χ0) is 10.8. The Bertz CT molecular complexity index is 477. The highest BCUT2D eigenvalue weighted by molar-refractivity contribution is 6.33. The minimum Gasteiger partial charge on any atom is -0.345 e. The van der Waals surface area contributed by atoms with E-state index in [1.165, 1.54) is 0 Å². The number of nitrogens with one attached hydrogen (secondary N) is 2. The summed E-state index contributed by atoms with van der Waals surface area (Å²) < 4.78 is 0. The minimum atomic E-state index is 0.711. The zero-order valence-electron chi connectivity index (χ0n) is 8.40. The molecule has 0 atom stereocenters. The summed E-state index contributed by atoms with van der Waals surface area (Å²) in [5.74, 6) is 0. The van der Waals surface area contributed by atoms with E-state index in [-0.39, 0.29) is 0 Å². The van der Waals surface area contributed by atoms with Gasteiger partial charge in [-0.25, -0.2) is 0 Å². The Kier molecular flexibility index (Phi) is 3.19. The van der Waals surface area contributed by atoms with E-state index in [4.69, 9.17) is 23.2 Å². The topological polar surface area (TPSA) is 27.8 Å². The third kappa shape index (κ3) is 2.12. The van der Waals surface area contributed by atoms with Crippen LogP contribution < -0.4 is 5.32 Å². The van der Waals surface area contributed by atoms with Crippen molar-refractivity contribution in [1.82, 2.24) is 10.3 Å². The van der Waals surface area contributed by atoms with Gasteiger partial charge in [-0.1, -0.05) is 23.2 Å². The Morgan fingerprint density at radius 2 is 2.13 bits per heavy atom. The molecule has 80 valence electrons. The Morgan fingerprint density at radius 3 is 2.87 bits per heavy atom. The standard InChI is InChI=1S/C11H12Cl2N2/c1-14-5-4-8-9-6-7(12)2-3-10(9)15-11(8)13/h2-3,6,14-15H,4-5H2,1H3. The van der Waals surface area contributed by atoms with Crippen LogP contribution in [0.1, 0.15) is 5.56 Å². The molecular formula is C11H12Cl2N2. The number of fused-ring (bicyclic) bond motifs is 1. The number of hydrogen-bond donors (Lipinski definition) is 2. The minimum absolute atomic E-state index is 0.711. The molecular weight excluding hydrogens is 231 g/mol. The van der Waals surface area contributed by atoms with Crippen molar-refractivity contribution in [1.29, 1.82) is 0 Å². The number of halogens is 2. The number of rotatable bonds is 3. The maximum Gasteiger partial charge on any atom is 0.110 e. The highest BCUT2D eigenvalue weighted by Crippen LogP contribution is 2.28. The van der Waals surface area contributed by atoms with Crippen molar-refractivity contribution in [3.8, 4) is 0 Å². The van der Waals surface area contributed by atoms with Crippen molar-refractivity contribution < 1.29 is 0 Å². The Morgan fingerprint density at radius 1 is 1.33 bits per heavy atom. The SMILES string of the molecule is CNCCc1c(Cl)[nH]c2ccc(Cl)cc12. The van der Waals surface area contributed by atoms with Crippen LogP contribution in [0.4, 0.5) is 0 Å². The van der Waals surface area contributed by atoms with Gasteiger partial charge in [0.15, 0.2) is 0 Å². The van der Waals surface area contributed by atoms with Crippen LogP contribution in [0.2, 0.25) is 10.2 Å². The van der Waals surface area contributed by atoms with Crippen LogP contribution in [-0.4, -0.2) is 18.6 Å². The number of aromatic amines is 1. The predicted octanol–water partition coefficient (Wildman–Crippen LogP) is 3.24. The lowest BCUT2D eigenvalue weighted by atomic mass is 10.1. The van der Waals surface area contributed by atoms with E-state index >= 15 is 0 Å². The Labute approximate surface area is 98.6 Å². The van der Waals surface area contributed by atoms with Gasteiger partial charge in [-0.2, -0.15) is 0 Å². The summed E-state index contributed by atoms with van der Waals surface area (Å²) in [6, 6.07) is 5.76. The van der Waals surface area contributed by atoms with Gasteiger partial charge < -0.3 is 10.3 Å². The molecule has 1 aromatic carbocycles. The molecule has 2 aromatic rings. The van der Waals surface area contributed by atoms with Crippen molar-refractivity contribution >= 4 is 34.1 Å². The van der Waals surface area contributed by atoms with E-state index in [9.17, 15) is 0 Å². The van der Waals surface area contributed by atoms with E-state index in [0.717, 1.165) is 34.5 Å². The molecule has 0 bridgehead atoms.